The van der Waals surface area contributed by atoms with Crippen molar-refractivity contribution in [3.63, 3.8) is 0 Å². The molecule has 0 aliphatic rings. The number of anilines is 2. The fraction of sp³-hybridized carbons (Fsp3) is 0.159. The van der Waals surface area contributed by atoms with Gasteiger partial charge in [0.2, 0.25) is 0 Å². The number of carbonyl (C=O) groups excluding carboxylic acids is 1. The van der Waals surface area contributed by atoms with E-state index >= 15 is 0 Å². The Labute approximate surface area is 278 Å². The molecule has 0 atom stereocenters. The molecule has 0 radical (unpaired) electrons. The molecular weight excluding hydrogens is 574 g/mol. The highest BCUT2D eigenvalue weighted by atomic mass is 16.5. The molecule has 234 valence electrons. The summed E-state index contributed by atoms with van der Waals surface area (Å²) in [7, 11) is 2.04. The first-order valence-corrected chi connectivity index (χ1v) is 16.4. The van der Waals surface area contributed by atoms with Crippen LogP contribution >= 0.6 is 0 Å². The van der Waals surface area contributed by atoms with Gasteiger partial charge in [-0.2, -0.15) is 0 Å². The Balaban J connectivity index is 1.10. The van der Waals surface area contributed by atoms with Crippen LogP contribution in [-0.4, -0.2) is 13.0 Å². The minimum Gasteiger partial charge on any atom is -0.423 e. The maximum Gasteiger partial charge on any atom is 0.336 e. The number of carbonyl (C=O) groups is 1. The molecule has 6 rings (SSSR count). The molecule has 0 heterocycles. The summed E-state index contributed by atoms with van der Waals surface area (Å²) in [6.45, 7) is 6.72. The number of hydrogen-bond acceptors (Lipinski definition) is 3. The van der Waals surface area contributed by atoms with Gasteiger partial charge in [-0.05, 0) is 101 Å². The van der Waals surface area contributed by atoms with Gasteiger partial charge in [-0.1, -0.05) is 123 Å². The van der Waals surface area contributed by atoms with Crippen molar-refractivity contribution in [3.8, 4) is 16.9 Å². The van der Waals surface area contributed by atoms with E-state index in [-0.39, 0.29) is 5.41 Å². The quantitative estimate of drug-likeness (QED) is 0.0872. The third-order valence-electron chi connectivity index (χ3n) is 9.50. The van der Waals surface area contributed by atoms with Gasteiger partial charge in [0, 0.05) is 29.9 Å². The monoisotopic (exact) mass is 615 g/mol. The number of ether oxygens (including phenoxy) is 1. The first-order chi connectivity index (χ1) is 22.9. The van der Waals surface area contributed by atoms with Crippen LogP contribution in [0.4, 0.5) is 11.4 Å². The molecule has 0 N–H and O–H groups in total. The SMILES string of the molecule is CCC(CC)(c1ccc(C)cc1)c1ccc(-c2ccc(N(C)c3ccc(OC(=O)/C=C/c4cccc5ccccc45)cc3)cc2)cc1. The van der Waals surface area contributed by atoms with Crippen molar-refractivity contribution in [2.24, 2.45) is 0 Å². The molecular formula is C44H41NO2. The lowest BCUT2D eigenvalue weighted by atomic mass is 9.70. The Morgan fingerprint density at radius 3 is 1.81 bits per heavy atom. The third kappa shape index (κ3) is 6.76. The number of aryl methyl sites for hydroxylation is 1. The van der Waals surface area contributed by atoms with E-state index in [4.69, 9.17) is 4.74 Å². The van der Waals surface area contributed by atoms with Crippen molar-refractivity contribution in [1.82, 2.24) is 0 Å². The normalized spacial score (nSPS) is 11.6. The lowest BCUT2D eigenvalue weighted by Gasteiger charge is -2.33. The maximum absolute atomic E-state index is 12.6. The van der Waals surface area contributed by atoms with Crippen LogP contribution in [0.15, 0.2) is 146 Å². The average Bonchev–Trinajstić information content (AvgIpc) is 3.12. The highest BCUT2D eigenvalue weighted by molar-refractivity contribution is 5.95. The summed E-state index contributed by atoms with van der Waals surface area (Å²) >= 11 is 0. The molecule has 0 fully saturated rings. The van der Waals surface area contributed by atoms with Crippen molar-refractivity contribution in [3.05, 3.63) is 168 Å². The lowest BCUT2D eigenvalue weighted by Crippen LogP contribution is -2.26. The van der Waals surface area contributed by atoms with Gasteiger partial charge < -0.3 is 9.64 Å². The largest absolute Gasteiger partial charge is 0.423 e. The highest BCUT2D eigenvalue weighted by Crippen LogP contribution is 2.40. The third-order valence-corrected chi connectivity index (χ3v) is 9.50. The molecule has 0 amide bonds. The van der Waals surface area contributed by atoms with Crippen LogP contribution < -0.4 is 9.64 Å². The molecule has 6 aromatic carbocycles. The number of benzene rings is 6. The molecule has 0 saturated heterocycles. The van der Waals surface area contributed by atoms with Gasteiger partial charge in [-0.25, -0.2) is 4.79 Å². The maximum atomic E-state index is 12.6. The van der Waals surface area contributed by atoms with E-state index in [0.717, 1.165) is 40.6 Å². The zero-order valence-corrected chi connectivity index (χ0v) is 27.6. The molecule has 6 aromatic rings. The van der Waals surface area contributed by atoms with Crippen molar-refractivity contribution in [2.75, 3.05) is 11.9 Å². The van der Waals surface area contributed by atoms with Crippen molar-refractivity contribution in [1.29, 1.82) is 0 Å². The van der Waals surface area contributed by atoms with E-state index in [0.29, 0.717) is 5.75 Å². The van der Waals surface area contributed by atoms with Crippen LogP contribution in [-0.2, 0) is 10.2 Å². The first-order valence-electron chi connectivity index (χ1n) is 16.4. The minimum atomic E-state index is -0.409. The van der Waals surface area contributed by atoms with Gasteiger partial charge in [-0.3, -0.25) is 0 Å². The summed E-state index contributed by atoms with van der Waals surface area (Å²) < 4.78 is 5.58. The summed E-state index contributed by atoms with van der Waals surface area (Å²) in [4.78, 5) is 14.7. The summed E-state index contributed by atoms with van der Waals surface area (Å²) in [5, 5.41) is 2.23. The number of esters is 1. The molecule has 0 aliphatic heterocycles. The van der Waals surface area contributed by atoms with Crippen LogP contribution in [0.5, 0.6) is 5.75 Å². The van der Waals surface area contributed by atoms with Crippen LogP contribution in [0.3, 0.4) is 0 Å². The van der Waals surface area contributed by atoms with Gasteiger partial charge in [0.15, 0.2) is 0 Å². The minimum absolute atomic E-state index is 0.0148. The van der Waals surface area contributed by atoms with Crippen LogP contribution in [0.2, 0.25) is 0 Å². The molecule has 3 heteroatoms. The fourth-order valence-corrected chi connectivity index (χ4v) is 6.56. The Bertz CT molecular complexity index is 1980. The van der Waals surface area contributed by atoms with Crippen molar-refractivity contribution < 1.29 is 9.53 Å². The standard InChI is InChI=1S/C44H41NO2/c1-5-44(6-2,37-21-14-32(3)15-22-37)38-23-16-33(17-24-38)34-18-25-39(26-19-34)45(4)40-27-29-41(30-28-40)47-43(46)31-20-36-12-9-11-35-10-7-8-13-42(35)36/h7-31H,5-6H2,1-4H3/b31-20+. The predicted molar refractivity (Wildman–Crippen MR) is 198 cm³/mol. The van der Waals surface area contributed by atoms with Crippen molar-refractivity contribution >= 4 is 34.2 Å². The van der Waals surface area contributed by atoms with Crippen LogP contribution in [0, 0.1) is 6.92 Å². The Kier molecular flexibility index (Phi) is 9.35. The number of fused-ring (bicyclic) bond motifs is 1. The first kappa shape index (κ1) is 31.6. The van der Waals surface area contributed by atoms with E-state index in [1.165, 1.54) is 33.9 Å². The molecule has 0 saturated carbocycles. The van der Waals surface area contributed by atoms with Crippen LogP contribution in [0.1, 0.15) is 48.9 Å². The summed E-state index contributed by atoms with van der Waals surface area (Å²) in [5.41, 5.74) is 9.49. The molecule has 0 aliphatic carbocycles. The average molecular weight is 616 g/mol. The number of rotatable bonds is 10. The second-order valence-electron chi connectivity index (χ2n) is 12.2. The molecule has 0 aromatic heterocycles. The zero-order valence-electron chi connectivity index (χ0n) is 27.6. The molecule has 0 unspecified atom stereocenters. The second kappa shape index (κ2) is 13.9. The van der Waals surface area contributed by atoms with E-state index in [9.17, 15) is 4.79 Å². The summed E-state index contributed by atoms with van der Waals surface area (Å²) in [5.74, 6) is 0.0962. The summed E-state index contributed by atoms with van der Waals surface area (Å²) in [6.07, 6.45) is 5.39. The van der Waals surface area contributed by atoms with E-state index in [2.05, 4.69) is 117 Å². The van der Waals surface area contributed by atoms with Crippen LogP contribution in [0.25, 0.3) is 28.0 Å². The highest BCUT2D eigenvalue weighted by Gasteiger charge is 2.30. The van der Waals surface area contributed by atoms with E-state index in [1.54, 1.807) is 6.08 Å². The number of hydrogen-bond donors (Lipinski definition) is 0. The zero-order chi connectivity index (χ0) is 32.8. The van der Waals surface area contributed by atoms with E-state index < -0.39 is 5.97 Å². The lowest BCUT2D eigenvalue weighted by molar-refractivity contribution is -0.128. The molecule has 0 bridgehead atoms. The van der Waals surface area contributed by atoms with Gasteiger partial charge >= 0.3 is 5.97 Å². The molecule has 3 nitrogen and oxygen atoms in total. The smallest absolute Gasteiger partial charge is 0.336 e. The number of nitrogens with zero attached hydrogens (tertiary/aromatic N) is 1. The second-order valence-corrected chi connectivity index (χ2v) is 12.2. The van der Waals surface area contributed by atoms with Gasteiger partial charge in [0.1, 0.15) is 5.75 Å². The van der Waals surface area contributed by atoms with Crippen molar-refractivity contribution in [2.45, 2.75) is 39.0 Å². The van der Waals surface area contributed by atoms with Gasteiger partial charge in [0.05, 0.1) is 0 Å². The van der Waals surface area contributed by atoms with Gasteiger partial charge in [0.25, 0.3) is 0 Å². The van der Waals surface area contributed by atoms with E-state index in [1.807, 2.05) is 55.6 Å². The Morgan fingerprint density at radius 1 is 0.660 bits per heavy atom. The van der Waals surface area contributed by atoms with Gasteiger partial charge in [-0.15, -0.1) is 0 Å². The topological polar surface area (TPSA) is 29.5 Å². The Hall–Kier alpha value is -5.41. The summed E-state index contributed by atoms with van der Waals surface area (Å²) in [6, 6.07) is 48.5. The molecule has 47 heavy (non-hydrogen) atoms. The fourth-order valence-electron chi connectivity index (χ4n) is 6.56. The Morgan fingerprint density at radius 2 is 1.19 bits per heavy atom. The molecule has 0 spiro atoms. The predicted octanol–water partition coefficient (Wildman–Crippen LogP) is 11.3.